The van der Waals surface area contributed by atoms with Crippen LogP contribution in [0.5, 0.6) is 0 Å². The molecule has 126 valence electrons. The first-order valence-electron chi connectivity index (χ1n) is 7.86. The second-order valence-corrected chi connectivity index (χ2v) is 7.30. The summed E-state index contributed by atoms with van der Waals surface area (Å²) in [5, 5.41) is 13.5. The minimum atomic E-state index is -0.894. The number of ether oxygens (including phenoxy) is 1. The third kappa shape index (κ3) is 4.00. The van der Waals surface area contributed by atoms with E-state index >= 15 is 0 Å². The monoisotopic (exact) mass is 335 g/mol. The van der Waals surface area contributed by atoms with Crippen molar-refractivity contribution in [2.24, 2.45) is 0 Å². The summed E-state index contributed by atoms with van der Waals surface area (Å²) in [6.45, 7) is 4.63. The number of quaternary nitrogens is 1. The smallest absolute Gasteiger partial charge is 0.129 e. The molecule has 0 spiro atoms. The van der Waals surface area contributed by atoms with Crippen LogP contribution in [-0.4, -0.2) is 55.0 Å². The van der Waals surface area contributed by atoms with Gasteiger partial charge in [0.1, 0.15) is 18.7 Å². The number of hydrogen-bond donors (Lipinski definition) is 1. The van der Waals surface area contributed by atoms with Gasteiger partial charge in [-0.2, -0.15) is 0 Å². The van der Waals surface area contributed by atoms with Crippen molar-refractivity contribution in [3.05, 3.63) is 58.3 Å². The summed E-state index contributed by atoms with van der Waals surface area (Å²) >= 11 is 1.63. The maximum absolute atomic E-state index is 11.5. The normalized spacial score (nSPS) is 19.6. The zero-order valence-corrected chi connectivity index (χ0v) is 14.3. The molecule has 23 heavy (non-hydrogen) atoms. The lowest BCUT2D eigenvalue weighted by molar-refractivity contribution is -0.917. The van der Waals surface area contributed by atoms with Crippen LogP contribution >= 0.6 is 11.3 Å². The van der Waals surface area contributed by atoms with E-state index in [1.54, 1.807) is 11.3 Å². The summed E-state index contributed by atoms with van der Waals surface area (Å²) in [5.41, 5.74) is 0.0898. The average Bonchev–Trinajstić information content (AvgIpc) is 3.09. The zero-order valence-electron chi connectivity index (χ0n) is 13.5. The highest BCUT2D eigenvalue weighted by Crippen LogP contribution is 2.36. The molecule has 0 bridgehead atoms. The minimum absolute atomic E-state index is 0. The van der Waals surface area contributed by atoms with E-state index < -0.39 is 5.60 Å². The minimum Gasteiger partial charge on any atom is -0.870 e. The Morgan fingerprint density at radius 2 is 1.83 bits per heavy atom. The number of nitrogens with zero attached hydrogens (tertiary/aromatic N) is 1. The first-order valence-corrected chi connectivity index (χ1v) is 8.74. The van der Waals surface area contributed by atoms with Gasteiger partial charge >= 0.3 is 0 Å². The Bertz CT molecular complexity index is 582. The molecular weight excluding hydrogens is 310 g/mol. The number of benzene rings is 1. The lowest BCUT2D eigenvalue weighted by Crippen LogP contribution is -2.53. The number of rotatable bonds is 5. The standard InChI is InChI=1S/C18H24NO2S.H2O/c1-19(11-13-21-14-12-19)10-9-18(20,17-8-5-15-22-17)16-6-3-2-4-7-16;/h2-8,15,20H,9-14H2,1H3;1H2/q+1;/p-1. The van der Waals surface area contributed by atoms with Gasteiger partial charge < -0.3 is 19.8 Å². The second-order valence-electron chi connectivity index (χ2n) is 6.36. The van der Waals surface area contributed by atoms with Crippen LogP contribution < -0.4 is 0 Å². The quantitative estimate of drug-likeness (QED) is 0.855. The van der Waals surface area contributed by atoms with Gasteiger partial charge in [-0.25, -0.2) is 0 Å². The summed E-state index contributed by atoms with van der Waals surface area (Å²) in [5.74, 6) is 0. The fourth-order valence-electron chi connectivity index (χ4n) is 3.08. The molecule has 1 atom stereocenters. The molecule has 1 aliphatic rings. The first-order chi connectivity index (χ1) is 10.6. The molecule has 5 heteroatoms. The van der Waals surface area contributed by atoms with Crippen molar-refractivity contribution in [3.63, 3.8) is 0 Å². The highest BCUT2D eigenvalue weighted by Gasteiger charge is 2.36. The highest BCUT2D eigenvalue weighted by atomic mass is 32.1. The van der Waals surface area contributed by atoms with Gasteiger partial charge in [0.25, 0.3) is 0 Å². The number of likely N-dealkylation sites (N-methyl/N-ethyl adjacent to an activating group) is 1. The van der Waals surface area contributed by atoms with Gasteiger partial charge in [-0.3, -0.25) is 0 Å². The molecule has 0 saturated carbocycles. The van der Waals surface area contributed by atoms with Crippen LogP contribution in [0.1, 0.15) is 16.9 Å². The van der Waals surface area contributed by atoms with Crippen molar-refractivity contribution in [1.29, 1.82) is 0 Å². The van der Waals surface area contributed by atoms with E-state index in [2.05, 4.69) is 7.05 Å². The van der Waals surface area contributed by atoms with Crippen molar-refractivity contribution in [2.75, 3.05) is 39.9 Å². The van der Waals surface area contributed by atoms with Crippen LogP contribution in [0.2, 0.25) is 0 Å². The number of hydrogen-bond acceptors (Lipinski definition) is 4. The van der Waals surface area contributed by atoms with Crippen LogP contribution in [0.15, 0.2) is 47.8 Å². The Labute approximate surface area is 141 Å². The van der Waals surface area contributed by atoms with Gasteiger partial charge in [-0.1, -0.05) is 36.4 Å². The molecule has 0 aliphatic carbocycles. The average molecular weight is 335 g/mol. The molecule has 3 rings (SSSR count). The Kier molecular flexibility index (Phi) is 5.95. The van der Waals surface area contributed by atoms with E-state index in [-0.39, 0.29) is 5.48 Å². The molecule has 4 nitrogen and oxygen atoms in total. The molecule has 0 radical (unpaired) electrons. The van der Waals surface area contributed by atoms with Gasteiger partial charge in [0.05, 0.1) is 26.8 Å². The van der Waals surface area contributed by atoms with Crippen LogP contribution in [0.3, 0.4) is 0 Å². The van der Waals surface area contributed by atoms with Gasteiger partial charge in [-0.15, -0.1) is 11.3 Å². The second kappa shape index (κ2) is 7.55. The number of thiophene rings is 1. The largest absolute Gasteiger partial charge is 0.870 e. The predicted molar refractivity (Wildman–Crippen MR) is 91.9 cm³/mol. The van der Waals surface area contributed by atoms with E-state index in [1.807, 2.05) is 47.8 Å². The van der Waals surface area contributed by atoms with Crippen molar-refractivity contribution in [2.45, 2.75) is 12.0 Å². The van der Waals surface area contributed by atoms with E-state index in [1.165, 1.54) is 0 Å². The van der Waals surface area contributed by atoms with Crippen molar-refractivity contribution in [3.8, 4) is 0 Å². The molecule has 0 amide bonds. The van der Waals surface area contributed by atoms with Gasteiger partial charge in [-0.05, 0) is 17.0 Å². The molecule has 1 aromatic heterocycles. The van der Waals surface area contributed by atoms with Gasteiger partial charge in [0.2, 0.25) is 0 Å². The molecule has 1 fully saturated rings. The van der Waals surface area contributed by atoms with E-state index in [9.17, 15) is 5.11 Å². The lowest BCUT2D eigenvalue weighted by Gasteiger charge is -2.40. The molecule has 1 aliphatic heterocycles. The zero-order chi connectivity index (χ0) is 15.5. The van der Waals surface area contributed by atoms with Crippen molar-refractivity contribution in [1.82, 2.24) is 0 Å². The summed E-state index contributed by atoms with van der Waals surface area (Å²) < 4.78 is 6.45. The predicted octanol–water partition coefficient (Wildman–Crippen LogP) is 2.67. The van der Waals surface area contributed by atoms with Gasteiger partial charge in [0.15, 0.2) is 0 Å². The molecule has 1 aromatic carbocycles. The Balaban J connectivity index is 0.00000192. The topological polar surface area (TPSA) is 59.5 Å². The van der Waals surface area contributed by atoms with Crippen LogP contribution in [0.25, 0.3) is 0 Å². The third-order valence-electron chi connectivity index (χ3n) is 4.74. The molecule has 2 aromatic rings. The maximum atomic E-state index is 11.5. The van der Waals surface area contributed by atoms with Crippen LogP contribution in [-0.2, 0) is 10.3 Å². The van der Waals surface area contributed by atoms with E-state index in [0.717, 1.165) is 54.2 Å². The maximum Gasteiger partial charge on any atom is 0.129 e. The van der Waals surface area contributed by atoms with Gasteiger partial charge in [0, 0.05) is 11.3 Å². The fraction of sp³-hybridized carbons (Fsp3) is 0.444. The summed E-state index contributed by atoms with van der Waals surface area (Å²) in [4.78, 5) is 1.03. The SMILES string of the molecule is C[N+]1(CCC(O)(c2ccccc2)c2cccs2)CCOCC1.[OH-]. The fourth-order valence-corrected chi connectivity index (χ4v) is 3.95. The van der Waals surface area contributed by atoms with E-state index in [4.69, 9.17) is 4.74 Å². The number of morpholine rings is 1. The van der Waals surface area contributed by atoms with Crippen molar-refractivity contribution >= 4 is 11.3 Å². The van der Waals surface area contributed by atoms with Crippen LogP contribution in [0.4, 0.5) is 0 Å². The summed E-state index contributed by atoms with van der Waals surface area (Å²) in [6, 6.07) is 14.1. The number of aliphatic hydroxyl groups is 1. The Morgan fingerprint density at radius 3 is 2.43 bits per heavy atom. The van der Waals surface area contributed by atoms with Crippen molar-refractivity contribution < 1.29 is 19.8 Å². The molecule has 2 N–H and O–H groups in total. The highest BCUT2D eigenvalue weighted by molar-refractivity contribution is 7.10. The van der Waals surface area contributed by atoms with Crippen LogP contribution in [0, 0.1) is 0 Å². The molecule has 1 saturated heterocycles. The van der Waals surface area contributed by atoms with E-state index in [0.29, 0.717) is 0 Å². The lowest BCUT2D eigenvalue weighted by atomic mass is 9.88. The first kappa shape index (κ1) is 18.1. The third-order valence-corrected chi connectivity index (χ3v) is 5.77. The Morgan fingerprint density at radius 1 is 1.13 bits per heavy atom. The summed E-state index contributed by atoms with van der Waals surface area (Å²) in [6.07, 6.45) is 0.730. The Hall–Kier alpha value is -1.24. The molecular formula is C18H25NO3S. The summed E-state index contributed by atoms with van der Waals surface area (Å²) in [7, 11) is 2.27. The molecule has 1 unspecified atom stereocenters. The molecule has 2 heterocycles.